The van der Waals surface area contributed by atoms with Crippen LogP contribution in [-0.2, 0) is 9.59 Å². The van der Waals surface area contributed by atoms with Gasteiger partial charge in [0.05, 0.1) is 20.1 Å². The number of nitrogens with zero attached hydrogens (tertiary/aromatic N) is 4. The quantitative estimate of drug-likeness (QED) is 0.764. The Labute approximate surface area is 108 Å². The Morgan fingerprint density at radius 3 is 2.26 bits per heavy atom. The molecule has 0 radical (unpaired) electrons. The summed E-state index contributed by atoms with van der Waals surface area (Å²) in [5.74, 6) is -2.12. The molecule has 9 nitrogen and oxygen atoms in total. The van der Waals surface area contributed by atoms with Crippen molar-refractivity contribution in [2.24, 2.45) is 5.92 Å². The number of carboxylic acids is 1. The van der Waals surface area contributed by atoms with Crippen molar-refractivity contribution in [2.45, 2.75) is 6.42 Å². The Morgan fingerprint density at radius 1 is 1.26 bits per heavy atom. The van der Waals surface area contributed by atoms with Gasteiger partial charge in [0.15, 0.2) is 0 Å². The molecule has 1 saturated heterocycles. The maximum Gasteiger partial charge on any atom is 0.324 e. The SMILES string of the molecule is COc1nc(OC)nc(N2CC(C(=O)O)CC2=O)n1. The third-order valence-electron chi connectivity index (χ3n) is 2.66. The van der Waals surface area contributed by atoms with E-state index < -0.39 is 11.9 Å². The summed E-state index contributed by atoms with van der Waals surface area (Å²) in [6.07, 6.45) is -0.0777. The van der Waals surface area contributed by atoms with Crippen LogP contribution >= 0.6 is 0 Å². The molecular formula is C10H12N4O5. The lowest BCUT2D eigenvalue weighted by Gasteiger charge is -2.14. The van der Waals surface area contributed by atoms with Crippen LogP contribution in [0.1, 0.15) is 6.42 Å². The van der Waals surface area contributed by atoms with Crippen LogP contribution < -0.4 is 14.4 Å². The molecule has 102 valence electrons. The normalized spacial score (nSPS) is 18.5. The number of aliphatic carboxylic acids is 1. The van der Waals surface area contributed by atoms with E-state index in [1.165, 1.54) is 19.1 Å². The molecule has 1 aliphatic heterocycles. The fourth-order valence-electron chi connectivity index (χ4n) is 1.70. The third-order valence-corrected chi connectivity index (χ3v) is 2.66. The highest BCUT2D eigenvalue weighted by Crippen LogP contribution is 2.24. The third kappa shape index (κ3) is 2.54. The van der Waals surface area contributed by atoms with Crippen molar-refractivity contribution in [3.8, 4) is 12.0 Å². The van der Waals surface area contributed by atoms with Gasteiger partial charge in [0, 0.05) is 13.0 Å². The van der Waals surface area contributed by atoms with E-state index in [-0.39, 0.29) is 36.8 Å². The van der Waals surface area contributed by atoms with Gasteiger partial charge in [-0.2, -0.15) is 9.97 Å². The molecule has 0 saturated carbocycles. The van der Waals surface area contributed by atoms with E-state index in [1.807, 2.05) is 0 Å². The average Bonchev–Trinajstić information content (AvgIpc) is 2.80. The summed E-state index contributed by atoms with van der Waals surface area (Å²) in [6, 6.07) is -0.0122. The van der Waals surface area contributed by atoms with Gasteiger partial charge in [0.1, 0.15) is 0 Å². The van der Waals surface area contributed by atoms with E-state index in [2.05, 4.69) is 15.0 Å². The average molecular weight is 268 g/mol. The van der Waals surface area contributed by atoms with Gasteiger partial charge in [-0.25, -0.2) is 0 Å². The van der Waals surface area contributed by atoms with Crippen LogP contribution in [-0.4, -0.2) is 52.7 Å². The van der Waals surface area contributed by atoms with Gasteiger partial charge in [-0.3, -0.25) is 14.5 Å². The molecule has 0 aliphatic carbocycles. The number of carbonyl (C=O) groups excluding carboxylic acids is 1. The highest BCUT2D eigenvalue weighted by Gasteiger charge is 2.37. The topological polar surface area (TPSA) is 115 Å². The highest BCUT2D eigenvalue weighted by molar-refractivity contribution is 5.97. The van der Waals surface area contributed by atoms with Gasteiger partial charge in [-0.15, -0.1) is 4.98 Å². The second-order valence-electron chi connectivity index (χ2n) is 3.85. The first-order valence-electron chi connectivity index (χ1n) is 5.42. The molecular weight excluding hydrogens is 256 g/mol. The summed E-state index contributed by atoms with van der Waals surface area (Å²) >= 11 is 0. The number of hydrogen-bond donors (Lipinski definition) is 1. The van der Waals surface area contributed by atoms with Crippen molar-refractivity contribution < 1.29 is 24.2 Å². The standard InChI is InChI=1S/C10H12N4O5/c1-18-9-11-8(12-10(13-9)19-2)14-4-5(7(16)17)3-6(14)15/h5H,3-4H2,1-2H3,(H,16,17). The van der Waals surface area contributed by atoms with Gasteiger partial charge in [-0.05, 0) is 0 Å². The zero-order valence-corrected chi connectivity index (χ0v) is 10.4. The molecule has 9 heteroatoms. The predicted octanol–water partition coefficient (Wildman–Crippen LogP) is -0.674. The summed E-state index contributed by atoms with van der Waals surface area (Å²) in [6.45, 7) is 0.0183. The predicted molar refractivity (Wildman–Crippen MR) is 61.0 cm³/mol. The lowest BCUT2D eigenvalue weighted by atomic mass is 10.1. The van der Waals surface area contributed by atoms with E-state index in [0.29, 0.717) is 0 Å². The van der Waals surface area contributed by atoms with E-state index in [9.17, 15) is 9.59 Å². The molecule has 2 rings (SSSR count). The molecule has 1 aromatic rings. The Balaban J connectivity index is 2.31. The van der Waals surface area contributed by atoms with Crippen LogP contribution in [0.4, 0.5) is 5.95 Å². The lowest BCUT2D eigenvalue weighted by molar-refractivity contribution is -0.141. The zero-order chi connectivity index (χ0) is 14.0. The van der Waals surface area contributed by atoms with Crippen molar-refractivity contribution in [1.29, 1.82) is 0 Å². The first-order chi connectivity index (χ1) is 9.05. The minimum atomic E-state index is -1.02. The molecule has 1 N–H and O–H groups in total. The summed E-state index contributed by atoms with van der Waals surface area (Å²) in [4.78, 5) is 35.5. The van der Waals surface area contributed by atoms with Crippen LogP contribution in [0.15, 0.2) is 0 Å². The molecule has 2 heterocycles. The minimum absolute atomic E-state index is 0.00609. The molecule has 1 amide bonds. The molecule has 19 heavy (non-hydrogen) atoms. The summed E-state index contributed by atoms with van der Waals surface area (Å²) < 4.78 is 9.74. The Hall–Kier alpha value is -2.45. The minimum Gasteiger partial charge on any atom is -0.481 e. The van der Waals surface area contributed by atoms with Crippen molar-refractivity contribution in [3.05, 3.63) is 0 Å². The van der Waals surface area contributed by atoms with Gasteiger partial charge >= 0.3 is 18.0 Å². The van der Waals surface area contributed by atoms with E-state index in [4.69, 9.17) is 14.6 Å². The first-order valence-corrected chi connectivity index (χ1v) is 5.42. The van der Waals surface area contributed by atoms with Crippen LogP contribution in [0.25, 0.3) is 0 Å². The maximum absolute atomic E-state index is 11.8. The number of carboxylic acid groups (broad SMARTS) is 1. The maximum atomic E-state index is 11.8. The Bertz CT molecular complexity index is 498. The zero-order valence-electron chi connectivity index (χ0n) is 10.4. The van der Waals surface area contributed by atoms with Gasteiger partial charge in [0.25, 0.3) is 0 Å². The number of rotatable bonds is 4. The second-order valence-corrected chi connectivity index (χ2v) is 3.85. The van der Waals surface area contributed by atoms with Crippen LogP contribution in [0.2, 0.25) is 0 Å². The number of hydrogen-bond acceptors (Lipinski definition) is 7. The lowest BCUT2D eigenvalue weighted by Crippen LogP contribution is -2.28. The molecule has 1 aliphatic rings. The van der Waals surface area contributed by atoms with Gasteiger partial charge < -0.3 is 14.6 Å². The Kier molecular flexibility index (Phi) is 3.45. The smallest absolute Gasteiger partial charge is 0.324 e. The first kappa shape index (κ1) is 13.0. The van der Waals surface area contributed by atoms with Crippen molar-refractivity contribution in [1.82, 2.24) is 15.0 Å². The number of ether oxygens (including phenoxy) is 2. The van der Waals surface area contributed by atoms with Crippen molar-refractivity contribution in [3.63, 3.8) is 0 Å². The number of carbonyl (C=O) groups is 2. The molecule has 0 spiro atoms. The Morgan fingerprint density at radius 2 is 1.84 bits per heavy atom. The number of anilines is 1. The molecule has 1 fully saturated rings. The van der Waals surface area contributed by atoms with Crippen molar-refractivity contribution >= 4 is 17.8 Å². The van der Waals surface area contributed by atoms with Crippen LogP contribution in [0.3, 0.4) is 0 Å². The van der Waals surface area contributed by atoms with Gasteiger partial charge in [0.2, 0.25) is 11.9 Å². The molecule has 0 aromatic carbocycles. The highest BCUT2D eigenvalue weighted by atomic mass is 16.5. The largest absolute Gasteiger partial charge is 0.481 e. The monoisotopic (exact) mass is 268 g/mol. The molecule has 0 bridgehead atoms. The number of amides is 1. The van der Waals surface area contributed by atoms with Crippen LogP contribution in [0, 0.1) is 5.92 Å². The number of aromatic nitrogens is 3. The summed E-state index contributed by atoms with van der Waals surface area (Å²) in [5, 5.41) is 8.92. The summed E-state index contributed by atoms with van der Waals surface area (Å²) in [7, 11) is 2.73. The van der Waals surface area contributed by atoms with E-state index in [0.717, 1.165) is 0 Å². The molecule has 1 atom stereocenters. The molecule has 1 aromatic heterocycles. The second kappa shape index (κ2) is 5.04. The van der Waals surface area contributed by atoms with Gasteiger partial charge in [-0.1, -0.05) is 0 Å². The molecule has 1 unspecified atom stereocenters. The van der Waals surface area contributed by atoms with E-state index >= 15 is 0 Å². The fraction of sp³-hybridized carbons (Fsp3) is 0.500. The van der Waals surface area contributed by atoms with Crippen LogP contribution in [0.5, 0.6) is 12.0 Å². The van der Waals surface area contributed by atoms with Crippen molar-refractivity contribution in [2.75, 3.05) is 25.7 Å². The fourth-order valence-corrected chi connectivity index (χ4v) is 1.70. The summed E-state index contributed by atoms with van der Waals surface area (Å²) in [5.41, 5.74) is 0. The number of methoxy groups -OCH3 is 2. The van der Waals surface area contributed by atoms with E-state index in [1.54, 1.807) is 0 Å².